The molecule has 0 saturated heterocycles. The standard InChI is InChI=1S/C12H12ClN3O3S/c1-8-3-4-10(11(5-8)19-2)16-20(17,18)9-6-14-12(13)15-7-9/h3-7,16H,1-2H3. The first kappa shape index (κ1) is 14.5. The molecule has 6 nitrogen and oxygen atoms in total. The van der Waals surface area contributed by atoms with Crippen LogP contribution in [0.2, 0.25) is 5.28 Å². The van der Waals surface area contributed by atoms with Crippen LogP contribution in [0.4, 0.5) is 5.69 Å². The summed E-state index contributed by atoms with van der Waals surface area (Å²) in [6.45, 7) is 1.88. The van der Waals surface area contributed by atoms with Crippen molar-refractivity contribution < 1.29 is 13.2 Å². The summed E-state index contributed by atoms with van der Waals surface area (Å²) < 4.78 is 31.9. The van der Waals surface area contributed by atoms with Gasteiger partial charge in [-0.05, 0) is 36.2 Å². The number of nitrogens with one attached hydrogen (secondary N) is 1. The Labute approximate surface area is 121 Å². The van der Waals surface area contributed by atoms with Gasteiger partial charge in [-0.25, -0.2) is 18.4 Å². The lowest BCUT2D eigenvalue weighted by Crippen LogP contribution is -2.14. The number of methoxy groups -OCH3 is 1. The second kappa shape index (κ2) is 5.64. The van der Waals surface area contributed by atoms with Crippen molar-refractivity contribution >= 4 is 27.3 Å². The van der Waals surface area contributed by atoms with Crippen molar-refractivity contribution in [3.8, 4) is 5.75 Å². The highest BCUT2D eigenvalue weighted by atomic mass is 35.5. The zero-order valence-electron chi connectivity index (χ0n) is 10.8. The second-order valence-corrected chi connectivity index (χ2v) is 6.02. The van der Waals surface area contributed by atoms with Crippen LogP contribution < -0.4 is 9.46 Å². The molecule has 106 valence electrons. The van der Waals surface area contributed by atoms with E-state index in [1.165, 1.54) is 7.11 Å². The number of benzene rings is 1. The lowest BCUT2D eigenvalue weighted by atomic mass is 10.2. The maximum Gasteiger partial charge on any atom is 0.265 e. The van der Waals surface area contributed by atoms with Gasteiger partial charge in [0, 0.05) is 0 Å². The highest BCUT2D eigenvalue weighted by Gasteiger charge is 2.17. The van der Waals surface area contributed by atoms with E-state index in [0.717, 1.165) is 18.0 Å². The van der Waals surface area contributed by atoms with Crippen molar-refractivity contribution in [1.82, 2.24) is 9.97 Å². The molecule has 0 aliphatic rings. The normalized spacial score (nSPS) is 11.2. The van der Waals surface area contributed by atoms with E-state index in [1.807, 2.05) is 6.92 Å². The number of rotatable bonds is 4. The SMILES string of the molecule is COc1cc(C)ccc1NS(=O)(=O)c1cnc(Cl)nc1. The molecule has 20 heavy (non-hydrogen) atoms. The number of nitrogens with zero attached hydrogens (tertiary/aromatic N) is 2. The summed E-state index contributed by atoms with van der Waals surface area (Å²) in [5.74, 6) is 0.434. The Balaban J connectivity index is 2.35. The lowest BCUT2D eigenvalue weighted by molar-refractivity contribution is 0.416. The molecule has 2 rings (SSSR count). The minimum atomic E-state index is -3.79. The second-order valence-electron chi connectivity index (χ2n) is 4.00. The number of anilines is 1. The molecule has 0 unspecified atom stereocenters. The smallest absolute Gasteiger partial charge is 0.265 e. The van der Waals surface area contributed by atoms with Crippen LogP contribution in [-0.4, -0.2) is 25.5 Å². The molecule has 0 aliphatic carbocycles. The first-order chi connectivity index (χ1) is 9.42. The van der Waals surface area contributed by atoms with Crippen LogP contribution in [0.1, 0.15) is 5.56 Å². The number of hydrogen-bond donors (Lipinski definition) is 1. The highest BCUT2D eigenvalue weighted by molar-refractivity contribution is 7.92. The molecule has 0 spiro atoms. The molecule has 0 atom stereocenters. The maximum absolute atomic E-state index is 12.2. The topological polar surface area (TPSA) is 81.2 Å². The van der Waals surface area contributed by atoms with Gasteiger partial charge < -0.3 is 4.74 Å². The summed E-state index contributed by atoms with van der Waals surface area (Å²) in [6.07, 6.45) is 2.27. The van der Waals surface area contributed by atoms with Crippen molar-refractivity contribution in [1.29, 1.82) is 0 Å². The third-order valence-electron chi connectivity index (χ3n) is 2.51. The maximum atomic E-state index is 12.2. The molecule has 1 N–H and O–H groups in total. The lowest BCUT2D eigenvalue weighted by Gasteiger charge is -2.12. The van der Waals surface area contributed by atoms with Crippen molar-refractivity contribution in [2.45, 2.75) is 11.8 Å². The Morgan fingerprint density at radius 1 is 1.25 bits per heavy atom. The van der Waals surface area contributed by atoms with Crippen LogP contribution in [0.15, 0.2) is 35.5 Å². The molecular formula is C12H12ClN3O3S. The molecule has 1 heterocycles. The van der Waals surface area contributed by atoms with Gasteiger partial charge in [-0.1, -0.05) is 6.07 Å². The summed E-state index contributed by atoms with van der Waals surface area (Å²) in [6, 6.07) is 5.14. The average Bonchev–Trinajstić information content (AvgIpc) is 2.41. The molecule has 0 saturated carbocycles. The van der Waals surface area contributed by atoms with E-state index in [-0.39, 0.29) is 10.2 Å². The van der Waals surface area contributed by atoms with Crippen molar-refractivity contribution in [3.63, 3.8) is 0 Å². The Hall–Kier alpha value is -1.86. The van der Waals surface area contributed by atoms with E-state index in [0.29, 0.717) is 11.4 Å². The quantitative estimate of drug-likeness (QED) is 0.876. The molecule has 0 bridgehead atoms. The Bertz CT molecular complexity index is 717. The van der Waals surface area contributed by atoms with Crippen LogP contribution in [-0.2, 0) is 10.0 Å². The largest absolute Gasteiger partial charge is 0.495 e. The van der Waals surface area contributed by atoms with Crippen molar-refractivity contribution in [2.75, 3.05) is 11.8 Å². The number of aryl methyl sites for hydroxylation is 1. The first-order valence-electron chi connectivity index (χ1n) is 5.57. The van der Waals surface area contributed by atoms with Gasteiger partial charge in [0.1, 0.15) is 10.6 Å². The van der Waals surface area contributed by atoms with Gasteiger partial charge in [0.25, 0.3) is 10.0 Å². The molecule has 0 radical (unpaired) electrons. The van der Waals surface area contributed by atoms with Gasteiger partial charge in [0.05, 0.1) is 25.2 Å². The molecule has 2 aromatic rings. The van der Waals surface area contributed by atoms with E-state index < -0.39 is 10.0 Å². The van der Waals surface area contributed by atoms with Crippen LogP contribution in [0.25, 0.3) is 0 Å². The van der Waals surface area contributed by atoms with Gasteiger partial charge >= 0.3 is 0 Å². The van der Waals surface area contributed by atoms with E-state index in [1.54, 1.807) is 18.2 Å². The van der Waals surface area contributed by atoms with Gasteiger partial charge in [0.15, 0.2) is 0 Å². The Morgan fingerprint density at radius 2 is 1.90 bits per heavy atom. The third kappa shape index (κ3) is 3.17. The zero-order chi connectivity index (χ0) is 14.8. The molecule has 0 aliphatic heterocycles. The van der Waals surface area contributed by atoms with E-state index in [9.17, 15) is 8.42 Å². The van der Waals surface area contributed by atoms with Crippen molar-refractivity contribution in [2.24, 2.45) is 0 Å². The predicted molar refractivity (Wildman–Crippen MR) is 75.6 cm³/mol. The number of aromatic nitrogens is 2. The number of halogens is 1. The predicted octanol–water partition coefficient (Wildman–Crippen LogP) is 2.25. The van der Waals surface area contributed by atoms with E-state index >= 15 is 0 Å². The van der Waals surface area contributed by atoms with Crippen LogP contribution in [0.5, 0.6) is 5.75 Å². The fraction of sp³-hybridized carbons (Fsp3) is 0.167. The van der Waals surface area contributed by atoms with Crippen LogP contribution in [0, 0.1) is 6.92 Å². The van der Waals surface area contributed by atoms with E-state index in [4.69, 9.17) is 16.3 Å². The molecule has 1 aromatic carbocycles. The minimum Gasteiger partial charge on any atom is -0.495 e. The summed E-state index contributed by atoms with van der Waals surface area (Å²) in [7, 11) is -2.32. The fourth-order valence-corrected chi connectivity index (χ4v) is 2.58. The first-order valence-corrected chi connectivity index (χ1v) is 7.43. The van der Waals surface area contributed by atoms with Gasteiger partial charge in [0.2, 0.25) is 5.28 Å². The van der Waals surface area contributed by atoms with E-state index in [2.05, 4.69) is 14.7 Å². The summed E-state index contributed by atoms with van der Waals surface area (Å²) in [4.78, 5) is 7.22. The number of hydrogen-bond acceptors (Lipinski definition) is 5. The molecule has 0 fully saturated rings. The van der Waals surface area contributed by atoms with Crippen LogP contribution in [0.3, 0.4) is 0 Å². The minimum absolute atomic E-state index is 0.0168. The number of ether oxygens (including phenoxy) is 1. The van der Waals surface area contributed by atoms with Gasteiger partial charge in [-0.15, -0.1) is 0 Å². The Morgan fingerprint density at radius 3 is 2.50 bits per heavy atom. The summed E-state index contributed by atoms with van der Waals surface area (Å²) in [5.41, 5.74) is 1.30. The molecular weight excluding hydrogens is 302 g/mol. The fourth-order valence-electron chi connectivity index (χ4n) is 1.53. The highest BCUT2D eigenvalue weighted by Crippen LogP contribution is 2.27. The zero-order valence-corrected chi connectivity index (χ0v) is 12.4. The Kier molecular flexibility index (Phi) is 4.10. The summed E-state index contributed by atoms with van der Waals surface area (Å²) >= 11 is 5.53. The molecule has 0 amide bonds. The van der Waals surface area contributed by atoms with Crippen LogP contribution >= 0.6 is 11.6 Å². The molecule has 8 heteroatoms. The van der Waals surface area contributed by atoms with Gasteiger partial charge in [-0.3, -0.25) is 4.72 Å². The average molecular weight is 314 g/mol. The molecule has 1 aromatic heterocycles. The monoisotopic (exact) mass is 313 g/mol. The third-order valence-corrected chi connectivity index (χ3v) is 4.02. The number of sulfonamides is 1. The van der Waals surface area contributed by atoms with Crippen molar-refractivity contribution in [3.05, 3.63) is 41.4 Å². The van der Waals surface area contributed by atoms with Gasteiger partial charge in [-0.2, -0.15) is 0 Å². The summed E-state index contributed by atoms with van der Waals surface area (Å²) in [5, 5.41) is -0.0168.